The second-order valence-corrected chi connectivity index (χ2v) is 6.61. The molecule has 3 N–H and O–H groups in total. The van der Waals surface area contributed by atoms with Crippen molar-refractivity contribution in [1.29, 1.82) is 0 Å². The number of amides is 1. The Morgan fingerprint density at radius 3 is 2.82 bits per heavy atom. The fourth-order valence-electron chi connectivity index (χ4n) is 2.96. The molecule has 1 aromatic heterocycles. The van der Waals surface area contributed by atoms with Crippen molar-refractivity contribution in [3.8, 4) is 10.4 Å². The summed E-state index contributed by atoms with van der Waals surface area (Å²) in [5.41, 5.74) is 8.03. The minimum absolute atomic E-state index is 0. The Balaban J connectivity index is 0.00000176. The van der Waals surface area contributed by atoms with Gasteiger partial charge in [-0.15, -0.1) is 23.7 Å². The molecule has 1 aliphatic rings. The molecular weight excluding hydrogens is 316 g/mol. The smallest absolute Gasteiger partial charge is 0.224 e. The number of rotatable bonds is 4. The van der Waals surface area contributed by atoms with E-state index in [9.17, 15) is 4.79 Å². The van der Waals surface area contributed by atoms with Crippen LogP contribution in [0.2, 0.25) is 0 Å². The molecule has 1 heterocycles. The van der Waals surface area contributed by atoms with Crippen molar-refractivity contribution >= 4 is 35.3 Å². The van der Waals surface area contributed by atoms with Crippen molar-refractivity contribution < 1.29 is 4.79 Å². The zero-order valence-electron chi connectivity index (χ0n) is 12.3. The molecule has 0 radical (unpaired) electrons. The SMILES string of the molecule is Cl.N[C@@H]1CCC[C@H]1CC(=O)Nc1cccc(-c2cccs2)c1. The normalized spacial score (nSPS) is 20.4. The summed E-state index contributed by atoms with van der Waals surface area (Å²) in [5, 5.41) is 5.06. The van der Waals surface area contributed by atoms with Crippen LogP contribution in [-0.2, 0) is 4.79 Å². The predicted octanol–water partition coefficient (Wildman–Crippen LogP) is 4.29. The number of benzene rings is 1. The lowest BCUT2D eigenvalue weighted by atomic mass is 10.00. The number of thiophene rings is 1. The highest BCUT2D eigenvalue weighted by atomic mass is 35.5. The number of hydrogen-bond donors (Lipinski definition) is 2. The number of anilines is 1. The van der Waals surface area contributed by atoms with Crippen molar-refractivity contribution in [3.05, 3.63) is 41.8 Å². The van der Waals surface area contributed by atoms with E-state index in [4.69, 9.17) is 5.73 Å². The number of halogens is 1. The van der Waals surface area contributed by atoms with Gasteiger partial charge in [-0.05, 0) is 47.9 Å². The fraction of sp³-hybridized carbons (Fsp3) is 0.353. The lowest BCUT2D eigenvalue weighted by Gasteiger charge is -2.15. The van der Waals surface area contributed by atoms with Gasteiger partial charge < -0.3 is 11.1 Å². The monoisotopic (exact) mass is 336 g/mol. The third-order valence-corrected chi connectivity index (χ3v) is 5.04. The van der Waals surface area contributed by atoms with Gasteiger partial charge in [0.25, 0.3) is 0 Å². The summed E-state index contributed by atoms with van der Waals surface area (Å²) < 4.78 is 0. The molecule has 1 amide bonds. The minimum Gasteiger partial charge on any atom is -0.327 e. The van der Waals surface area contributed by atoms with Crippen molar-refractivity contribution in [3.63, 3.8) is 0 Å². The summed E-state index contributed by atoms with van der Waals surface area (Å²) in [7, 11) is 0. The number of carbonyl (C=O) groups excluding carboxylic acids is 1. The molecule has 22 heavy (non-hydrogen) atoms. The molecule has 0 unspecified atom stereocenters. The van der Waals surface area contributed by atoms with Crippen molar-refractivity contribution in [2.24, 2.45) is 11.7 Å². The van der Waals surface area contributed by atoms with Gasteiger partial charge in [0.05, 0.1) is 0 Å². The molecule has 1 fully saturated rings. The van der Waals surface area contributed by atoms with Crippen molar-refractivity contribution in [1.82, 2.24) is 0 Å². The van der Waals surface area contributed by atoms with Gasteiger partial charge >= 0.3 is 0 Å². The third kappa shape index (κ3) is 4.09. The van der Waals surface area contributed by atoms with Gasteiger partial charge in [-0.25, -0.2) is 0 Å². The molecule has 0 aliphatic heterocycles. The fourth-order valence-corrected chi connectivity index (χ4v) is 3.69. The number of hydrogen-bond acceptors (Lipinski definition) is 3. The summed E-state index contributed by atoms with van der Waals surface area (Å²) >= 11 is 1.70. The largest absolute Gasteiger partial charge is 0.327 e. The predicted molar refractivity (Wildman–Crippen MR) is 95.6 cm³/mol. The van der Waals surface area contributed by atoms with Gasteiger partial charge in [-0.3, -0.25) is 4.79 Å². The summed E-state index contributed by atoms with van der Waals surface area (Å²) in [6.45, 7) is 0. The Hall–Kier alpha value is -1.36. The third-order valence-electron chi connectivity index (χ3n) is 4.12. The highest BCUT2D eigenvalue weighted by Crippen LogP contribution is 2.29. The van der Waals surface area contributed by atoms with Crippen LogP contribution in [0.3, 0.4) is 0 Å². The van der Waals surface area contributed by atoms with Crippen molar-refractivity contribution in [2.45, 2.75) is 31.7 Å². The second-order valence-electron chi connectivity index (χ2n) is 5.67. The van der Waals surface area contributed by atoms with Crippen LogP contribution in [0.15, 0.2) is 41.8 Å². The zero-order chi connectivity index (χ0) is 14.7. The van der Waals surface area contributed by atoms with Crippen LogP contribution in [0.5, 0.6) is 0 Å². The molecule has 118 valence electrons. The lowest BCUT2D eigenvalue weighted by molar-refractivity contribution is -0.117. The van der Waals surface area contributed by atoms with Gasteiger partial charge in [0.1, 0.15) is 0 Å². The summed E-state index contributed by atoms with van der Waals surface area (Å²) in [6, 6.07) is 12.3. The van der Waals surface area contributed by atoms with E-state index in [-0.39, 0.29) is 24.4 Å². The minimum atomic E-state index is 0. The summed E-state index contributed by atoms with van der Waals surface area (Å²) in [4.78, 5) is 13.4. The maximum absolute atomic E-state index is 12.1. The average Bonchev–Trinajstić information content (AvgIpc) is 3.12. The standard InChI is InChI=1S/C17H20N2OS.ClH/c18-15-7-2-4-12(15)11-17(20)19-14-6-1-5-13(10-14)16-8-3-9-21-16;/h1,3,5-6,8-10,12,15H,2,4,7,11,18H2,(H,19,20);1H/t12-,15+;/m0./s1. The van der Waals surface area contributed by atoms with E-state index in [2.05, 4.69) is 22.8 Å². The molecule has 0 bridgehead atoms. The van der Waals surface area contributed by atoms with Crippen LogP contribution < -0.4 is 11.1 Å². The number of nitrogens with two attached hydrogens (primary N) is 1. The lowest BCUT2D eigenvalue weighted by Crippen LogP contribution is -2.28. The van der Waals surface area contributed by atoms with Gasteiger partial charge in [-0.1, -0.05) is 24.6 Å². The quantitative estimate of drug-likeness (QED) is 0.874. The van der Waals surface area contributed by atoms with Crippen LogP contribution >= 0.6 is 23.7 Å². The zero-order valence-corrected chi connectivity index (χ0v) is 14.0. The first-order valence-electron chi connectivity index (χ1n) is 7.42. The molecule has 2 aromatic rings. The Morgan fingerprint density at radius 1 is 1.27 bits per heavy atom. The van der Waals surface area contributed by atoms with Crippen molar-refractivity contribution in [2.75, 3.05) is 5.32 Å². The summed E-state index contributed by atoms with van der Waals surface area (Å²) in [6.07, 6.45) is 3.80. The van der Waals surface area contributed by atoms with Crippen LogP contribution in [0.4, 0.5) is 5.69 Å². The van der Waals surface area contributed by atoms with Crippen LogP contribution in [0.1, 0.15) is 25.7 Å². The molecule has 5 heteroatoms. The molecule has 0 saturated heterocycles. The highest BCUT2D eigenvalue weighted by Gasteiger charge is 2.25. The van der Waals surface area contributed by atoms with E-state index in [0.29, 0.717) is 12.3 Å². The van der Waals surface area contributed by atoms with Crippen LogP contribution in [0, 0.1) is 5.92 Å². The second kappa shape index (κ2) is 7.77. The Bertz CT molecular complexity index is 615. The van der Waals surface area contributed by atoms with E-state index in [0.717, 1.165) is 30.5 Å². The van der Waals surface area contributed by atoms with E-state index < -0.39 is 0 Å². The maximum Gasteiger partial charge on any atom is 0.224 e. The first-order valence-corrected chi connectivity index (χ1v) is 8.30. The summed E-state index contributed by atoms with van der Waals surface area (Å²) in [5.74, 6) is 0.408. The van der Waals surface area contributed by atoms with Gasteiger partial charge in [-0.2, -0.15) is 0 Å². The number of nitrogens with one attached hydrogen (secondary N) is 1. The molecule has 1 aromatic carbocycles. The average molecular weight is 337 g/mol. The molecule has 1 aliphatic carbocycles. The van der Waals surface area contributed by atoms with E-state index >= 15 is 0 Å². The van der Waals surface area contributed by atoms with Gasteiger partial charge in [0.15, 0.2) is 0 Å². The van der Waals surface area contributed by atoms with E-state index in [1.54, 1.807) is 11.3 Å². The van der Waals surface area contributed by atoms with Crippen LogP contribution in [0.25, 0.3) is 10.4 Å². The van der Waals surface area contributed by atoms with E-state index in [1.807, 2.05) is 24.3 Å². The van der Waals surface area contributed by atoms with Gasteiger partial charge in [0, 0.05) is 23.0 Å². The first-order chi connectivity index (χ1) is 10.2. The molecule has 0 spiro atoms. The Labute approximate surface area is 141 Å². The Morgan fingerprint density at radius 2 is 2.14 bits per heavy atom. The molecule has 3 nitrogen and oxygen atoms in total. The highest BCUT2D eigenvalue weighted by molar-refractivity contribution is 7.13. The molecular formula is C17H21ClN2OS. The van der Waals surface area contributed by atoms with Crippen LogP contribution in [-0.4, -0.2) is 11.9 Å². The number of carbonyl (C=O) groups is 1. The molecule has 3 rings (SSSR count). The molecule has 2 atom stereocenters. The maximum atomic E-state index is 12.1. The molecule has 1 saturated carbocycles. The van der Waals surface area contributed by atoms with E-state index in [1.165, 1.54) is 4.88 Å². The topological polar surface area (TPSA) is 55.1 Å². The Kier molecular flexibility index (Phi) is 6.00. The van der Waals surface area contributed by atoms with Gasteiger partial charge in [0.2, 0.25) is 5.91 Å². The first kappa shape index (κ1) is 17.0.